The molecule has 2 heteroatoms. The highest BCUT2D eigenvalue weighted by Gasteiger charge is 2.33. The summed E-state index contributed by atoms with van der Waals surface area (Å²) >= 11 is 0. The van der Waals surface area contributed by atoms with E-state index in [1.54, 1.807) is 0 Å². The third-order valence-corrected chi connectivity index (χ3v) is 4.60. The lowest BCUT2D eigenvalue weighted by atomic mass is 9.83. The van der Waals surface area contributed by atoms with Gasteiger partial charge >= 0.3 is 0 Å². The number of likely N-dealkylation sites (N-methyl/N-ethyl adjacent to an activating group) is 2. The molecule has 1 saturated carbocycles. The third kappa shape index (κ3) is 2.32. The molecule has 1 fully saturated rings. The molecule has 18 heavy (non-hydrogen) atoms. The molecular formula is C16H24N2. The molecule has 2 unspecified atom stereocenters. The molecule has 0 bridgehead atoms. The van der Waals surface area contributed by atoms with E-state index in [0.29, 0.717) is 12.1 Å². The lowest BCUT2D eigenvalue weighted by Crippen LogP contribution is -2.45. The van der Waals surface area contributed by atoms with Gasteiger partial charge in [0.1, 0.15) is 0 Å². The Morgan fingerprint density at radius 3 is 2.72 bits per heavy atom. The van der Waals surface area contributed by atoms with E-state index in [1.165, 1.54) is 43.4 Å². The molecule has 0 aromatic heterocycles. The maximum absolute atomic E-state index is 3.54. The third-order valence-electron chi connectivity index (χ3n) is 4.60. The van der Waals surface area contributed by atoms with Crippen molar-refractivity contribution >= 4 is 0 Å². The van der Waals surface area contributed by atoms with Gasteiger partial charge in [0.05, 0.1) is 0 Å². The van der Waals surface area contributed by atoms with Crippen molar-refractivity contribution in [2.45, 2.75) is 37.8 Å². The molecule has 0 heterocycles. The van der Waals surface area contributed by atoms with Gasteiger partial charge in [-0.2, -0.15) is 0 Å². The fourth-order valence-electron chi connectivity index (χ4n) is 3.41. The van der Waals surface area contributed by atoms with Crippen LogP contribution < -0.4 is 5.32 Å². The van der Waals surface area contributed by atoms with Crippen molar-refractivity contribution in [2.75, 3.05) is 20.6 Å². The SMILES string of the molecule is CNC1c2ccccc2CCC1N(C)CC1CC1. The summed E-state index contributed by atoms with van der Waals surface area (Å²) in [5.41, 5.74) is 3.05. The summed E-state index contributed by atoms with van der Waals surface area (Å²) in [5, 5.41) is 3.54. The molecule has 2 aliphatic carbocycles. The number of fused-ring (bicyclic) bond motifs is 1. The van der Waals surface area contributed by atoms with Crippen LogP contribution in [0.3, 0.4) is 0 Å². The number of hydrogen-bond donors (Lipinski definition) is 1. The van der Waals surface area contributed by atoms with Gasteiger partial charge in [-0.15, -0.1) is 0 Å². The Balaban J connectivity index is 1.79. The molecule has 1 N–H and O–H groups in total. The number of rotatable bonds is 4. The quantitative estimate of drug-likeness (QED) is 0.876. The van der Waals surface area contributed by atoms with Gasteiger partial charge in [0, 0.05) is 18.6 Å². The molecule has 1 aromatic carbocycles. The molecule has 0 aliphatic heterocycles. The molecule has 2 atom stereocenters. The van der Waals surface area contributed by atoms with Crippen LogP contribution in [-0.4, -0.2) is 31.6 Å². The van der Waals surface area contributed by atoms with E-state index in [-0.39, 0.29) is 0 Å². The molecule has 2 nitrogen and oxygen atoms in total. The zero-order valence-corrected chi connectivity index (χ0v) is 11.5. The summed E-state index contributed by atoms with van der Waals surface area (Å²) in [6.45, 7) is 1.28. The molecule has 0 spiro atoms. The van der Waals surface area contributed by atoms with E-state index in [4.69, 9.17) is 0 Å². The van der Waals surface area contributed by atoms with Gasteiger partial charge in [0.2, 0.25) is 0 Å². The predicted molar refractivity (Wildman–Crippen MR) is 75.7 cm³/mol. The van der Waals surface area contributed by atoms with Crippen molar-refractivity contribution in [3.05, 3.63) is 35.4 Å². The van der Waals surface area contributed by atoms with E-state index in [1.807, 2.05) is 0 Å². The zero-order chi connectivity index (χ0) is 12.5. The predicted octanol–water partition coefficient (Wildman–Crippen LogP) is 2.60. The minimum Gasteiger partial charge on any atom is -0.312 e. The van der Waals surface area contributed by atoms with Crippen LogP contribution in [0.1, 0.15) is 36.4 Å². The Hall–Kier alpha value is -0.860. The normalized spacial score (nSPS) is 27.3. The first kappa shape index (κ1) is 12.2. The van der Waals surface area contributed by atoms with Gasteiger partial charge in [-0.1, -0.05) is 24.3 Å². The average molecular weight is 244 g/mol. The van der Waals surface area contributed by atoms with Crippen LogP contribution in [0.15, 0.2) is 24.3 Å². The molecule has 0 radical (unpaired) electrons. The smallest absolute Gasteiger partial charge is 0.0478 e. The Morgan fingerprint density at radius 1 is 1.22 bits per heavy atom. The van der Waals surface area contributed by atoms with Crippen LogP contribution in [0.25, 0.3) is 0 Å². The zero-order valence-electron chi connectivity index (χ0n) is 11.5. The Kier molecular flexibility index (Phi) is 3.40. The van der Waals surface area contributed by atoms with Crippen LogP contribution in [0.4, 0.5) is 0 Å². The maximum atomic E-state index is 3.54. The number of aryl methyl sites for hydroxylation is 1. The summed E-state index contributed by atoms with van der Waals surface area (Å²) in [7, 11) is 4.41. The van der Waals surface area contributed by atoms with Crippen molar-refractivity contribution in [3.8, 4) is 0 Å². The van der Waals surface area contributed by atoms with E-state index >= 15 is 0 Å². The summed E-state index contributed by atoms with van der Waals surface area (Å²) in [6, 6.07) is 10.1. The minimum atomic E-state index is 0.499. The highest BCUT2D eigenvalue weighted by Crippen LogP contribution is 2.35. The number of nitrogens with one attached hydrogen (secondary N) is 1. The van der Waals surface area contributed by atoms with E-state index in [0.717, 1.165) is 5.92 Å². The van der Waals surface area contributed by atoms with Gasteiger partial charge in [-0.25, -0.2) is 0 Å². The largest absolute Gasteiger partial charge is 0.312 e. The molecule has 0 saturated heterocycles. The lowest BCUT2D eigenvalue weighted by molar-refractivity contribution is 0.171. The fraction of sp³-hybridized carbons (Fsp3) is 0.625. The lowest BCUT2D eigenvalue weighted by Gasteiger charge is -2.39. The molecule has 98 valence electrons. The molecule has 3 rings (SSSR count). The summed E-state index contributed by atoms with van der Waals surface area (Å²) in [5.74, 6) is 0.977. The molecule has 1 aromatic rings. The monoisotopic (exact) mass is 244 g/mol. The minimum absolute atomic E-state index is 0.499. The number of hydrogen-bond acceptors (Lipinski definition) is 2. The van der Waals surface area contributed by atoms with Crippen LogP contribution in [0, 0.1) is 5.92 Å². The maximum Gasteiger partial charge on any atom is 0.0478 e. The first-order valence-corrected chi connectivity index (χ1v) is 7.25. The number of nitrogens with zero attached hydrogens (tertiary/aromatic N) is 1. The second kappa shape index (κ2) is 5.02. The first-order chi connectivity index (χ1) is 8.79. The Labute approximate surface area is 110 Å². The summed E-state index contributed by atoms with van der Waals surface area (Å²) in [6.07, 6.45) is 5.40. The highest BCUT2D eigenvalue weighted by atomic mass is 15.2. The van der Waals surface area contributed by atoms with Crippen LogP contribution >= 0.6 is 0 Å². The Bertz CT molecular complexity index is 411. The van der Waals surface area contributed by atoms with E-state index in [9.17, 15) is 0 Å². The van der Waals surface area contributed by atoms with Crippen LogP contribution in [-0.2, 0) is 6.42 Å². The van der Waals surface area contributed by atoms with Crippen LogP contribution in [0.5, 0.6) is 0 Å². The van der Waals surface area contributed by atoms with Gasteiger partial charge in [0.15, 0.2) is 0 Å². The van der Waals surface area contributed by atoms with Gasteiger partial charge in [0.25, 0.3) is 0 Å². The second-order valence-corrected chi connectivity index (χ2v) is 5.95. The topological polar surface area (TPSA) is 15.3 Å². The molecule has 0 amide bonds. The van der Waals surface area contributed by atoms with Gasteiger partial charge in [-0.05, 0) is 56.8 Å². The van der Waals surface area contributed by atoms with Crippen molar-refractivity contribution in [2.24, 2.45) is 5.92 Å². The Morgan fingerprint density at radius 2 is 2.00 bits per heavy atom. The van der Waals surface area contributed by atoms with E-state index < -0.39 is 0 Å². The molecule has 2 aliphatic rings. The van der Waals surface area contributed by atoms with Crippen molar-refractivity contribution in [1.29, 1.82) is 0 Å². The number of benzene rings is 1. The van der Waals surface area contributed by atoms with E-state index in [2.05, 4.69) is 48.6 Å². The van der Waals surface area contributed by atoms with Gasteiger partial charge < -0.3 is 10.2 Å². The van der Waals surface area contributed by atoms with Crippen molar-refractivity contribution in [3.63, 3.8) is 0 Å². The highest BCUT2D eigenvalue weighted by molar-refractivity contribution is 5.33. The standard InChI is InChI=1S/C16H24N2/c1-17-16-14-6-4-3-5-13(14)9-10-15(16)18(2)11-12-7-8-12/h3-6,12,15-17H,7-11H2,1-2H3. The summed E-state index contributed by atoms with van der Waals surface area (Å²) in [4.78, 5) is 2.59. The molecular weight excluding hydrogens is 220 g/mol. The van der Waals surface area contributed by atoms with Gasteiger partial charge in [-0.3, -0.25) is 0 Å². The average Bonchev–Trinajstić information content (AvgIpc) is 3.21. The van der Waals surface area contributed by atoms with Crippen molar-refractivity contribution in [1.82, 2.24) is 10.2 Å². The fourth-order valence-corrected chi connectivity index (χ4v) is 3.41. The van der Waals surface area contributed by atoms with Crippen LogP contribution in [0.2, 0.25) is 0 Å². The second-order valence-electron chi connectivity index (χ2n) is 5.95. The first-order valence-electron chi connectivity index (χ1n) is 7.25. The van der Waals surface area contributed by atoms with Crippen molar-refractivity contribution < 1.29 is 0 Å². The summed E-state index contributed by atoms with van der Waals surface area (Å²) < 4.78 is 0.